The highest BCUT2D eigenvalue weighted by atomic mass is 16.2. The van der Waals surface area contributed by atoms with Crippen LogP contribution in [0.5, 0.6) is 0 Å². The van der Waals surface area contributed by atoms with E-state index in [0.29, 0.717) is 19.5 Å². The Kier molecular flexibility index (Phi) is 5.85. The highest BCUT2D eigenvalue weighted by Gasteiger charge is 2.24. The molecule has 1 rings (SSSR count). The van der Waals surface area contributed by atoms with Crippen molar-refractivity contribution in [2.24, 2.45) is 5.92 Å². The molecule has 0 spiro atoms. The van der Waals surface area contributed by atoms with Crippen LogP contribution in [0.15, 0.2) is 0 Å². The summed E-state index contributed by atoms with van der Waals surface area (Å²) >= 11 is 0. The molecule has 0 bridgehead atoms. The topological polar surface area (TPSA) is 70.2 Å². The Morgan fingerprint density at radius 1 is 1.44 bits per heavy atom. The predicted octanol–water partition coefficient (Wildman–Crippen LogP) is -0.372. The largest absolute Gasteiger partial charge is 0.356 e. The van der Waals surface area contributed by atoms with Crippen LogP contribution in [-0.2, 0) is 9.59 Å². The molecule has 3 N–H and O–H groups in total. The first kappa shape index (κ1) is 13.0. The number of hydrogen-bond acceptors (Lipinski definition) is 3. The van der Waals surface area contributed by atoms with Gasteiger partial charge in [0.05, 0.1) is 0 Å². The van der Waals surface area contributed by atoms with Crippen molar-refractivity contribution >= 4 is 11.8 Å². The molecule has 0 aromatic heterocycles. The normalized spacial score (nSPS) is 20.3. The Morgan fingerprint density at radius 2 is 2.25 bits per heavy atom. The Hall–Kier alpha value is -1.10. The van der Waals surface area contributed by atoms with Gasteiger partial charge in [0, 0.05) is 32.0 Å². The van der Waals surface area contributed by atoms with Crippen LogP contribution in [0.4, 0.5) is 0 Å². The molecule has 1 aliphatic heterocycles. The number of piperidine rings is 1. The number of carbonyl (C=O) groups excluding carboxylic acids is 2. The first-order valence-electron chi connectivity index (χ1n) is 5.99. The molecule has 1 heterocycles. The van der Waals surface area contributed by atoms with Crippen LogP contribution in [0.3, 0.4) is 0 Å². The van der Waals surface area contributed by atoms with Crippen molar-refractivity contribution in [1.82, 2.24) is 16.0 Å². The van der Waals surface area contributed by atoms with Crippen LogP contribution in [-0.4, -0.2) is 38.0 Å². The van der Waals surface area contributed by atoms with Gasteiger partial charge in [0.1, 0.15) is 0 Å². The zero-order valence-electron chi connectivity index (χ0n) is 9.84. The lowest BCUT2D eigenvalue weighted by Gasteiger charge is -2.21. The molecule has 0 saturated carbocycles. The first-order valence-corrected chi connectivity index (χ1v) is 5.99. The highest BCUT2D eigenvalue weighted by Crippen LogP contribution is 2.11. The molecule has 5 heteroatoms. The zero-order valence-corrected chi connectivity index (χ0v) is 9.84. The van der Waals surface area contributed by atoms with Crippen molar-refractivity contribution in [3.05, 3.63) is 0 Å². The van der Waals surface area contributed by atoms with Crippen molar-refractivity contribution in [2.45, 2.75) is 26.2 Å². The molecule has 16 heavy (non-hydrogen) atoms. The minimum absolute atomic E-state index is 0.00754. The van der Waals surface area contributed by atoms with Crippen molar-refractivity contribution in [1.29, 1.82) is 0 Å². The van der Waals surface area contributed by atoms with Gasteiger partial charge in [0.15, 0.2) is 0 Å². The molecular formula is C11H21N3O2. The summed E-state index contributed by atoms with van der Waals surface area (Å²) in [5, 5.41) is 8.78. The lowest BCUT2D eigenvalue weighted by molar-refractivity contribution is -0.132. The average Bonchev–Trinajstić information content (AvgIpc) is 2.28. The Balaban J connectivity index is 2.11. The quantitative estimate of drug-likeness (QED) is 0.542. The monoisotopic (exact) mass is 227 g/mol. The number of amides is 2. The summed E-state index contributed by atoms with van der Waals surface area (Å²) in [6.07, 6.45) is 2.17. The van der Waals surface area contributed by atoms with Gasteiger partial charge in [0.25, 0.3) is 0 Å². The fourth-order valence-electron chi connectivity index (χ4n) is 1.73. The van der Waals surface area contributed by atoms with E-state index in [9.17, 15) is 9.59 Å². The third-order valence-electron chi connectivity index (χ3n) is 2.65. The van der Waals surface area contributed by atoms with Gasteiger partial charge in [0.2, 0.25) is 11.8 Å². The van der Waals surface area contributed by atoms with Gasteiger partial charge in [-0.15, -0.1) is 0 Å². The van der Waals surface area contributed by atoms with Crippen molar-refractivity contribution in [3.63, 3.8) is 0 Å². The fourth-order valence-corrected chi connectivity index (χ4v) is 1.73. The maximum atomic E-state index is 11.7. The molecule has 0 aliphatic carbocycles. The van der Waals surface area contributed by atoms with Gasteiger partial charge in [-0.1, -0.05) is 6.92 Å². The molecule has 1 atom stereocenters. The first-order chi connectivity index (χ1) is 7.74. The summed E-state index contributed by atoms with van der Waals surface area (Å²) in [4.78, 5) is 22.7. The molecule has 92 valence electrons. The summed E-state index contributed by atoms with van der Waals surface area (Å²) in [5.74, 6) is -0.149. The number of hydrogen-bond donors (Lipinski definition) is 3. The molecule has 0 radical (unpaired) electrons. The number of nitrogens with one attached hydrogen (secondary N) is 3. The van der Waals surface area contributed by atoms with Gasteiger partial charge in [-0.25, -0.2) is 0 Å². The minimum atomic E-state index is -0.139. The van der Waals surface area contributed by atoms with Gasteiger partial charge < -0.3 is 16.0 Å². The van der Waals surface area contributed by atoms with E-state index in [1.165, 1.54) is 0 Å². The van der Waals surface area contributed by atoms with E-state index in [4.69, 9.17) is 0 Å². The summed E-state index contributed by atoms with van der Waals surface area (Å²) in [5.41, 5.74) is 0. The van der Waals surface area contributed by atoms with Crippen molar-refractivity contribution < 1.29 is 9.59 Å². The van der Waals surface area contributed by atoms with Crippen LogP contribution < -0.4 is 16.0 Å². The maximum absolute atomic E-state index is 11.7. The van der Waals surface area contributed by atoms with Crippen molar-refractivity contribution in [2.75, 3.05) is 26.2 Å². The molecule has 1 saturated heterocycles. The molecule has 0 aromatic carbocycles. The van der Waals surface area contributed by atoms with Crippen LogP contribution in [0.1, 0.15) is 26.2 Å². The van der Waals surface area contributed by atoms with Gasteiger partial charge in [-0.2, -0.15) is 0 Å². The standard InChI is InChI=1S/C11H21N3O2/c1-2-4-12-6-7-14-11(16)9-3-5-13-10(15)8-9/h9,12H,2-8H2,1H3,(H,13,15)(H,14,16). The number of rotatable bonds is 6. The van der Waals surface area contributed by atoms with Crippen LogP contribution >= 0.6 is 0 Å². The van der Waals surface area contributed by atoms with Gasteiger partial charge >= 0.3 is 0 Å². The molecule has 1 fully saturated rings. The lowest BCUT2D eigenvalue weighted by Crippen LogP contribution is -2.42. The second kappa shape index (κ2) is 7.22. The second-order valence-corrected chi connectivity index (χ2v) is 4.08. The zero-order chi connectivity index (χ0) is 11.8. The lowest BCUT2D eigenvalue weighted by atomic mass is 9.97. The van der Waals surface area contributed by atoms with E-state index < -0.39 is 0 Å². The van der Waals surface area contributed by atoms with Gasteiger partial charge in [-0.05, 0) is 19.4 Å². The second-order valence-electron chi connectivity index (χ2n) is 4.08. The Morgan fingerprint density at radius 3 is 2.94 bits per heavy atom. The van der Waals surface area contributed by atoms with E-state index in [2.05, 4.69) is 22.9 Å². The van der Waals surface area contributed by atoms with E-state index in [1.807, 2.05) is 0 Å². The molecule has 2 amide bonds. The summed E-state index contributed by atoms with van der Waals surface area (Å²) in [7, 11) is 0. The molecular weight excluding hydrogens is 206 g/mol. The highest BCUT2D eigenvalue weighted by molar-refractivity contribution is 5.86. The fraction of sp³-hybridized carbons (Fsp3) is 0.818. The Labute approximate surface area is 96.4 Å². The molecule has 0 aromatic rings. The molecule has 1 unspecified atom stereocenters. The van der Waals surface area contributed by atoms with E-state index in [0.717, 1.165) is 25.9 Å². The van der Waals surface area contributed by atoms with Gasteiger partial charge in [-0.3, -0.25) is 9.59 Å². The van der Waals surface area contributed by atoms with Crippen LogP contribution in [0.25, 0.3) is 0 Å². The number of carbonyl (C=O) groups is 2. The molecule has 1 aliphatic rings. The smallest absolute Gasteiger partial charge is 0.223 e. The average molecular weight is 227 g/mol. The van der Waals surface area contributed by atoms with E-state index in [1.54, 1.807) is 0 Å². The molecule has 5 nitrogen and oxygen atoms in total. The Bertz CT molecular complexity index is 243. The minimum Gasteiger partial charge on any atom is -0.356 e. The van der Waals surface area contributed by atoms with Crippen LogP contribution in [0.2, 0.25) is 0 Å². The van der Waals surface area contributed by atoms with E-state index in [-0.39, 0.29) is 17.7 Å². The van der Waals surface area contributed by atoms with E-state index >= 15 is 0 Å². The third-order valence-corrected chi connectivity index (χ3v) is 2.65. The predicted molar refractivity (Wildman–Crippen MR) is 61.9 cm³/mol. The summed E-state index contributed by atoms with van der Waals surface area (Å²) in [6, 6.07) is 0. The van der Waals surface area contributed by atoms with Crippen molar-refractivity contribution in [3.8, 4) is 0 Å². The third kappa shape index (κ3) is 4.61. The maximum Gasteiger partial charge on any atom is 0.223 e. The summed E-state index contributed by atoms with van der Waals surface area (Å²) in [6.45, 7) is 5.12. The summed E-state index contributed by atoms with van der Waals surface area (Å²) < 4.78 is 0. The van der Waals surface area contributed by atoms with Crippen LogP contribution in [0, 0.1) is 5.92 Å². The SMILES string of the molecule is CCCNCCNC(=O)C1CCNC(=O)C1.